The zero-order valence-electron chi connectivity index (χ0n) is 8.12. The van der Waals surface area contributed by atoms with Crippen LogP contribution in [0.25, 0.3) is 10.9 Å². The second-order valence-corrected chi connectivity index (χ2v) is 2.75. The summed E-state index contributed by atoms with van der Waals surface area (Å²) in [5.74, 6) is -0.495. The number of benzene rings is 1. The van der Waals surface area contributed by atoms with Crippen LogP contribution in [0.2, 0.25) is 0 Å². The summed E-state index contributed by atoms with van der Waals surface area (Å²) < 4.78 is 0. The number of aromatic nitrogens is 1. The van der Waals surface area contributed by atoms with Crippen LogP contribution in [0, 0.1) is 0 Å². The van der Waals surface area contributed by atoms with Gasteiger partial charge in [-0.1, -0.05) is 24.3 Å². The first-order valence-electron chi connectivity index (χ1n) is 3.93. The monoisotopic (exact) mass is 280 g/mol. The molecule has 1 aromatic heterocycles. The van der Waals surface area contributed by atoms with Gasteiger partial charge in [0.2, 0.25) is 0 Å². The Bertz CT molecular complexity index is 476. The van der Waals surface area contributed by atoms with E-state index in [1.165, 1.54) is 0 Å². The molecule has 1 heterocycles. The second-order valence-electron chi connectivity index (χ2n) is 2.75. The average Bonchev–Trinajstić information content (AvgIpc) is 2.17. The molecule has 0 saturated carbocycles. The molecule has 0 atom stereocenters. The molecule has 3 nitrogen and oxygen atoms in total. The number of halogens is 3. The van der Waals surface area contributed by atoms with Crippen molar-refractivity contribution in [2.75, 3.05) is 0 Å². The molecule has 0 aliphatic rings. The van der Waals surface area contributed by atoms with Gasteiger partial charge in [-0.3, -0.25) is 4.79 Å². The van der Waals surface area contributed by atoms with E-state index in [4.69, 9.17) is 5.73 Å². The van der Waals surface area contributed by atoms with E-state index in [1.807, 2.05) is 30.3 Å². The molecule has 16 heavy (non-hydrogen) atoms. The van der Waals surface area contributed by atoms with Gasteiger partial charge in [0.05, 0.1) is 5.52 Å². The quantitative estimate of drug-likeness (QED) is 0.873. The normalized spacial score (nSPS) is 8.25. The number of carbonyl (C=O) groups is 1. The molecule has 1 amide bonds. The summed E-state index contributed by atoms with van der Waals surface area (Å²) >= 11 is 0. The Morgan fingerprint density at radius 1 is 1.00 bits per heavy atom. The van der Waals surface area contributed by atoms with E-state index in [0.29, 0.717) is 5.69 Å². The van der Waals surface area contributed by atoms with Crippen molar-refractivity contribution in [2.45, 2.75) is 0 Å². The van der Waals surface area contributed by atoms with E-state index in [-0.39, 0.29) is 37.2 Å². The van der Waals surface area contributed by atoms with Gasteiger partial charge in [0.1, 0.15) is 5.69 Å². The molecule has 2 rings (SSSR count). The Balaban J connectivity index is 0. The lowest BCUT2D eigenvalue weighted by atomic mass is 10.2. The van der Waals surface area contributed by atoms with Crippen LogP contribution >= 0.6 is 37.2 Å². The van der Waals surface area contributed by atoms with E-state index in [1.54, 1.807) is 6.07 Å². The number of primary amides is 1. The van der Waals surface area contributed by atoms with Gasteiger partial charge < -0.3 is 5.73 Å². The molecule has 0 aliphatic carbocycles. The third-order valence-electron chi connectivity index (χ3n) is 1.85. The number of fused-ring (bicyclic) bond motifs is 1. The molecule has 0 unspecified atom stereocenters. The average molecular weight is 282 g/mol. The Morgan fingerprint density at radius 2 is 1.62 bits per heavy atom. The van der Waals surface area contributed by atoms with Crippen molar-refractivity contribution >= 4 is 54.0 Å². The topological polar surface area (TPSA) is 56.0 Å². The van der Waals surface area contributed by atoms with Gasteiger partial charge in [0, 0.05) is 5.39 Å². The summed E-state index contributed by atoms with van der Waals surface area (Å²) in [5.41, 5.74) is 6.20. The number of nitrogens with zero attached hydrogens (tertiary/aromatic N) is 1. The van der Waals surface area contributed by atoms with Gasteiger partial charge in [-0.05, 0) is 12.1 Å². The lowest BCUT2D eigenvalue weighted by Crippen LogP contribution is -2.12. The van der Waals surface area contributed by atoms with Crippen molar-refractivity contribution < 1.29 is 4.79 Å². The van der Waals surface area contributed by atoms with Gasteiger partial charge in [-0.25, -0.2) is 4.98 Å². The number of nitrogens with two attached hydrogens (primary N) is 1. The highest BCUT2D eigenvalue weighted by Gasteiger charge is 2.01. The first-order chi connectivity index (χ1) is 6.27. The van der Waals surface area contributed by atoms with E-state index >= 15 is 0 Å². The fourth-order valence-electron chi connectivity index (χ4n) is 1.20. The zero-order valence-corrected chi connectivity index (χ0v) is 10.6. The molecule has 0 aliphatic heterocycles. The molecule has 0 saturated heterocycles. The van der Waals surface area contributed by atoms with Gasteiger partial charge in [-0.15, -0.1) is 37.2 Å². The lowest BCUT2D eigenvalue weighted by Gasteiger charge is -1.97. The third-order valence-corrected chi connectivity index (χ3v) is 1.85. The minimum atomic E-state index is -0.495. The molecule has 0 fully saturated rings. The van der Waals surface area contributed by atoms with Crippen LogP contribution in [-0.2, 0) is 0 Å². The molecular formula is C10H11Cl3N2O. The predicted molar refractivity (Wildman–Crippen MR) is 72.0 cm³/mol. The third kappa shape index (κ3) is 3.52. The molecule has 0 spiro atoms. The Kier molecular flexibility index (Phi) is 7.90. The summed E-state index contributed by atoms with van der Waals surface area (Å²) in [7, 11) is 0. The van der Waals surface area contributed by atoms with Crippen LogP contribution in [0.5, 0.6) is 0 Å². The molecule has 6 heteroatoms. The minimum Gasteiger partial charge on any atom is -0.364 e. The highest BCUT2D eigenvalue weighted by Crippen LogP contribution is 2.10. The fourth-order valence-corrected chi connectivity index (χ4v) is 1.20. The minimum absolute atomic E-state index is 0. The second kappa shape index (κ2) is 7.28. The summed E-state index contributed by atoms with van der Waals surface area (Å²) in [6.45, 7) is 0. The van der Waals surface area contributed by atoms with Crippen LogP contribution in [0.4, 0.5) is 0 Å². The molecular weight excluding hydrogens is 270 g/mol. The molecule has 0 bridgehead atoms. The van der Waals surface area contributed by atoms with Gasteiger partial charge in [0.15, 0.2) is 0 Å². The van der Waals surface area contributed by atoms with Crippen LogP contribution in [0.15, 0.2) is 36.4 Å². The van der Waals surface area contributed by atoms with Crippen molar-refractivity contribution in [3.8, 4) is 0 Å². The maximum Gasteiger partial charge on any atom is 0.267 e. The Morgan fingerprint density at radius 3 is 2.25 bits per heavy atom. The molecule has 2 aromatic rings. The first kappa shape index (κ1) is 17.4. The van der Waals surface area contributed by atoms with Gasteiger partial charge >= 0.3 is 0 Å². The highest BCUT2D eigenvalue weighted by molar-refractivity contribution is 5.93. The fraction of sp³-hybridized carbons (Fsp3) is 0. The number of rotatable bonds is 1. The van der Waals surface area contributed by atoms with Crippen molar-refractivity contribution in [1.82, 2.24) is 4.98 Å². The number of carbonyl (C=O) groups excluding carboxylic acids is 1. The van der Waals surface area contributed by atoms with Crippen molar-refractivity contribution in [1.29, 1.82) is 0 Å². The largest absolute Gasteiger partial charge is 0.364 e. The number of hydrogen-bond acceptors (Lipinski definition) is 2. The lowest BCUT2D eigenvalue weighted by molar-refractivity contribution is 0.0996. The standard InChI is InChI=1S/C10H8N2O.3ClH/c11-10(13)9-6-5-7-3-1-2-4-8(7)12-9;;;/h1-6H,(H2,11,13);3*1H. The Hall–Kier alpha value is -1.03. The molecule has 88 valence electrons. The summed E-state index contributed by atoms with van der Waals surface area (Å²) in [4.78, 5) is 14.9. The SMILES string of the molecule is Cl.Cl.Cl.NC(=O)c1ccc2ccccc2n1. The molecule has 2 N–H and O–H groups in total. The maximum absolute atomic E-state index is 10.8. The smallest absolute Gasteiger partial charge is 0.267 e. The summed E-state index contributed by atoms with van der Waals surface area (Å²) in [6.07, 6.45) is 0. The van der Waals surface area contributed by atoms with Gasteiger partial charge in [-0.2, -0.15) is 0 Å². The molecule has 0 radical (unpaired) electrons. The highest BCUT2D eigenvalue weighted by atomic mass is 35.5. The Labute approximate surface area is 112 Å². The zero-order chi connectivity index (χ0) is 9.26. The van der Waals surface area contributed by atoms with Crippen LogP contribution in [0.3, 0.4) is 0 Å². The number of amides is 1. The van der Waals surface area contributed by atoms with Crippen molar-refractivity contribution in [3.63, 3.8) is 0 Å². The number of para-hydroxylation sites is 1. The first-order valence-corrected chi connectivity index (χ1v) is 3.93. The van der Waals surface area contributed by atoms with E-state index in [9.17, 15) is 4.79 Å². The van der Waals surface area contributed by atoms with Gasteiger partial charge in [0.25, 0.3) is 5.91 Å². The number of hydrogen-bond donors (Lipinski definition) is 1. The van der Waals surface area contributed by atoms with Crippen LogP contribution in [-0.4, -0.2) is 10.9 Å². The summed E-state index contributed by atoms with van der Waals surface area (Å²) in [6, 6.07) is 11.1. The number of pyridine rings is 1. The van der Waals surface area contributed by atoms with E-state index in [0.717, 1.165) is 10.9 Å². The van der Waals surface area contributed by atoms with Crippen molar-refractivity contribution in [2.24, 2.45) is 5.73 Å². The van der Waals surface area contributed by atoms with E-state index in [2.05, 4.69) is 4.98 Å². The van der Waals surface area contributed by atoms with Crippen LogP contribution < -0.4 is 5.73 Å². The van der Waals surface area contributed by atoms with Crippen molar-refractivity contribution in [3.05, 3.63) is 42.1 Å². The molecule has 1 aromatic carbocycles. The van der Waals surface area contributed by atoms with Crippen LogP contribution in [0.1, 0.15) is 10.5 Å². The maximum atomic E-state index is 10.8. The van der Waals surface area contributed by atoms with E-state index < -0.39 is 5.91 Å². The predicted octanol–water partition coefficient (Wildman–Crippen LogP) is 2.60. The summed E-state index contributed by atoms with van der Waals surface area (Å²) in [5, 5.41) is 1.01.